The molecule has 5 nitrogen and oxygen atoms in total. The molecule has 1 aromatic rings. The van der Waals surface area contributed by atoms with Crippen LogP contribution < -0.4 is 5.32 Å². The van der Waals surface area contributed by atoms with E-state index in [-0.39, 0.29) is 17.9 Å². The number of nitrogens with zero attached hydrogens (tertiary/aromatic N) is 1. The molecule has 1 amide bonds. The van der Waals surface area contributed by atoms with Crippen molar-refractivity contribution >= 4 is 15.9 Å². The van der Waals surface area contributed by atoms with E-state index in [1.165, 1.54) is 6.42 Å². The van der Waals surface area contributed by atoms with Crippen LogP contribution in [0.4, 0.5) is 0 Å². The molecule has 26 heavy (non-hydrogen) atoms. The number of amides is 1. The maximum Gasteiger partial charge on any atom is 0.243 e. The summed E-state index contributed by atoms with van der Waals surface area (Å²) in [5.41, 5.74) is 1.73. The molecule has 0 unspecified atom stereocenters. The van der Waals surface area contributed by atoms with E-state index >= 15 is 0 Å². The third-order valence-electron chi connectivity index (χ3n) is 5.74. The molecule has 1 saturated carbocycles. The molecule has 1 aliphatic carbocycles. The van der Waals surface area contributed by atoms with Gasteiger partial charge in [0.2, 0.25) is 15.9 Å². The maximum absolute atomic E-state index is 13.0. The average Bonchev–Trinajstić information content (AvgIpc) is 2.65. The lowest BCUT2D eigenvalue weighted by Gasteiger charge is -2.33. The van der Waals surface area contributed by atoms with E-state index in [4.69, 9.17) is 0 Å². The average molecular weight is 379 g/mol. The number of carbonyl (C=O) groups is 1. The predicted molar refractivity (Wildman–Crippen MR) is 102 cm³/mol. The first-order valence-electron chi connectivity index (χ1n) is 9.75. The minimum absolute atomic E-state index is 0.0921. The Kier molecular flexibility index (Phi) is 6.03. The monoisotopic (exact) mass is 378 g/mol. The van der Waals surface area contributed by atoms with Crippen LogP contribution in [0.15, 0.2) is 23.1 Å². The zero-order valence-electron chi connectivity index (χ0n) is 15.8. The van der Waals surface area contributed by atoms with Crippen LogP contribution in [0.2, 0.25) is 0 Å². The molecule has 0 bridgehead atoms. The Morgan fingerprint density at radius 1 is 1.04 bits per heavy atom. The van der Waals surface area contributed by atoms with E-state index in [2.05, 4.69) is 5.32 Å². The van der Waals surface area contributed by atoms with Gasteiger partial charge in [0.05, 0.1) is 4.90 Å². The highest BCUT2D eigenvalue weighted by atomic mass is 32.2. The van der Waals surface area contributed by atoms with Crippen molar-refractivity contribution in [3.05, 3.63) is 29.3 Å². The normalized spacial score (nSPS) is 20.8. The Balaban J connectivity index is 1.59. The molecule has 3 rings (SSSR count). The van der Waals surface area contributed by atoms with Gasteiger partial charge in [-0.2, -0.15) is 4.31 Å². The molecule has 6 heteroatoms. The van der Waals surface area contributed by atoms with Crippen molar-refractivity contribution in [2.24, 2.45) is 5.92 Å². The number of hydrogen-bond acceptors (Lipinski definition) is 3. The van der Waals surface area contributed by atoms with Gasteiger partial charge in [-0.3, -0.25) is 4.79 Å². The molecular formula is C20H30N2O3S. The van der Waals surface area contributed by atoms with E-state index < -0.39 is 10.0 Å². The van der Waals surface area contributed by atoms with Gasteiger partial charge in [0, 0.05) is 25.0 Å². The number of hydrogen-bond donors (Lipinski definition) is 1. The zero-order chi connectivity index (χ0) is 18.7. The lowest BCUT2D eigenvalue weighted by Crippen LogP contribution is -2.48. The van der Waals surface area contributed by atoms with Crippen LogP contribution in [0.5, 0.6) is 0 Å². The van der Waals surface area contributed by atoms with Crippen molar-refractivity contribution in [1.29, 1.82) is 0 Å². The fourth-order valence-corrected chi connectivity index (χ4v) is 5.83. The van der Waals surface area contributed by atoms with E-state index in [0.29, 0.717) is 30.8 Å². The van der Waals surface area contributed by atoms with E-state index in [9.17, 15) is 13.2 Å². The van der Waals surface area contributed by atoms with Gasteiger partial charge in [0.25, 0.3) is 0 Å². The minimum Gasteiger partial charge on any atom is -0.353 e. The summed E-state index contributed by atoms with van der Waals surface area (Å²) in [7, 11) is -3.47. The number of sulfonamides is 1. The van der Waals surface area contributed by atoms with Gasteiger partial charge in [-0.25, -0.2) is 8.42 Å². The molecule has 1 heterocycles. The summed E-state index contributed by atoms with van der Waals surface area (Å²) < 4.78 is 27.5. The number of aryl methyl sites for hydroxylation is 2. The van der Waals surface area contributed by atoms with Gasteiger partial charge in [0.15, 0.2) is 0 Å². The molecule has 1 aromatic carbocycles. The second-order valence-electron chi connectivity index (χ2n) is 7.79. The van der Waals surface area contributed by atoms with Crippen molar-refractivity contribution in [2.75, 3.05) is 13.1 Å². The van der Waals surface area contributed by atoms with Gasteiger partial charge in [0.1, 0.15) is 0 Å². The summed E-state index contributed by atoms with van der Waals surface area (Å²) in [4.78, 5) is 12.8. The van der Waals surface area contributed by atoms with E-state index in [1.54, 1.807) is 10.4 Å². The molecule has 2 aliphatic rings. The van der Waals surface area contributed by atoms with Crippen molar-refractivity contribution in [2.45, 2.75) is 69.7 Å². The highest BCUT2D eigenvalue weighted by molar-refractivity contribution is 7.89. The van der Waals surface area contributed by atoms with Crippen LogP contribution >= 0.6 is 0 Å². The molecular weight excluding hydrogens is 348 g/mol. The smallest absolute Gasteiger partial charge is 0.243 e. The molecule has 0 spiro atoms. The topological polar surface area (TPSA) is 66.5 Å². The van der Waals surface area contributed by atoms with Gasteiger partial charge in [-0.15, -0.1) is 0 Å². The quantitative estimate of drug-likeness (QED) is 0.875. The summed E-state index contributed by atoms with van der Waals surface area (Å²) >= 11 is 0. The fourth-order valence-electron chi connectivity index (χ4n) is 4.05. The Bertz CT molecular complexity index is 746. The van der Waals surface area contributed by atoms with Crippen molar-refractivity contribution in [3.63, 3.8) is 0 Å². The first-order chi connectivity index (χ1) is 12.4. The van der Waals surface area contributed by atoms with Crippen LogP contribution in [0, 0.1) is 19.8 Å². The first kappa shape index (κ1) is 19.4. The van der Waals surface area contributed by atoms with Gasteiger partial charge < -0.3 is 5.32 Å². The largest absolute Gasteiger partial charge is 0.353 e. The third-order valence-corrected chi connectivity index (χ3v) is 7.78. The molecule has 0 atom stereocenters. The Labute approximate surface area is 157 Å². The highest BCUT2D eigenvalue weighted by Gasteiger charge is 2.32. The van der Waals surface area contributed by atoms with Crippen LogP contribution in [0.3, 0.4) is 0 Å². The van der Waals surface area contributed by atoms with E-state index in [1.807, 2.05) is 26.0 Å². The van der Waals surface area contributed by atoms with Gasteiger partial charge >= 0.3 is 0 Å². The summed E-state index contributed by atoms with van der Waals surface area (Å²) in [5.74, 6) is 0.320. The minimum atomic E-state index is -3.47. The Hall–Kier alpha value is -1.40. The first-order valence-corrected chi connectivity index (χ1v) is 11.2. The zero-order valence-corrected chi connectivity index (χ0v) is 16.6. The van der Waals surface area contributed by atoms with Crippen molar-refractivity contribution in [3.8, 4) is 0 Å². The van der Waals surface area contributed by atoms with Crippen LogP contribution in [0.25, 0.3) is 0 Å². The predicted octanol–water partition coefficient (Wildman–Crippen LogP) is 3.15. The maximum atomic E-state index is 13.0. The third kappa shape index (κ3) is 4.29. The van der Waals surface area contributed by atoms with Crippen LogP contribution in [-0.2, 0) is 14.8 Å². The highest BCUT2D eigenvalue weighted by Crippen LogP contribution is 2.26. The summed E-state index contributed by atoms with van der Waals surface area (Å²) in [6, 6.07) is 5.64. The number of rotatable bonds is 4. The number of carbonyl (C=O) groups excluding carboxylic acids is 1. The Morgan fingerprint density at radius 2 is 1.69 bits per heavy atom. The molecule has 1 N–H and O–H groups in total. The van der Waals surface area contributed by atoms with E-state index in [0.717, 1.165) is 36.8 Å². The van der Waals surface area contributed by atoms with Gasteiger partial charge in [-0.1, -0.05) is 31.4 Å². The lowest BCUT2D eigenvalue weighted by molar-refractivity contribution is -0.126. The number of piperidine rings is 1. The summed E-state index contributed by atoms with van der Waals surface area (Å²) in [5, 5.41) is 3.16. The number of benzene rings is 1. The molecule has 1 aliphatic heterocycles. The Morgan fingerprint density at radius 3 is 2.35 bits per heavy atom. The second kappa shape index (κ2) is 8.09. The second-order valence-corrected chi connectivity index (χ2v) is 9.70. The lowest BCUT2D eigenvalue weighted by atomic mass is 9.88. The van der Waals surface area contributed by atoms with Gasteiger partial charge in [-0.05, 0) is 56.7 Å². The number of nitrogens with one attached hydrogen (secondary N) is 1. The standard InChI is InChI=1S/C20H30N2O3S/c1-15-8-9-16(2)19(14-15)26(24,25)22-12-10-18(11-13-22)21-20(23)17-6-4-3-5-7-17/h8-9,14,17-18H,3-7,10-13H2,1-2H3,(H,21,23). The molecule has 2 fully saturated rings. The van der Waals surface area contributed by atoms with Crippen molar-refractivity contribution in [1.82, 2.24) is 9.62 Å². The summed E-state index contributed by atoms with van der Waals surface area (Å²) in [6.45, 7) is 4.67. The fraction of sp³-hybridized carbons (Fsp3) is 0.650. The van der Waals surface area contributed by atoms with Crippen molar-refractivity contribution < 1.29 is 13.2 Å². The summed E-state index contributed by atoms with van der Waals surface area (Å²) in [6.07, 6.45) is 6.87. The molecule has 0 aromatic heterocycles. The molecule has 0 radical (unpaired) electrons. The SMILES string of the molecule is Cc1ccc(C)c(S(=O)(=O)N2CCC(NC(=O)C3CCCCC3)CC2)c1. The molecule has 1 saturated heterocycles. The van der Waals surface area contributed by atoms with Crippen LogP contribution in [0.1, 0.15) is 56.1 Å². The molecule has 144 valence electrons. The van der Waals surface area contributed by atoms with Crippen LogP contribution in [-0.4, -0.2) is 37.8 Å².